The molecule has 0 fully saturated rings. The van der Waals surface area contributed by atoms with Gasteiger partial charge < -0.3 is 4.74 Å². The second-order valence-corrected chi connectivity index (χ2v) is 6.65. The number of esters is 1. The summed E-state index contributed by atoms with van der Waals surface area (Å²) in [6.07, 6.45) is 2.07. The molecular weight excluding hydrogens is 316 g/mol. The number of benzene rings is 1. The van der Waals surface area contributed by atoms with Crippen LogP contribution < -0.4 is 0 Å². The van der Waals surface area contributed by atoms with Gasteiger partial charge in [0.2, 0.25) is 0 Å². The molecule has 1 aromatic carbocycles. The van der Waals surface area contributed by atoms with Crippen molar-refractivity contribution in [2.75, 3.05) is 0 Å². The lowest BCUT2D eigenvalue weighted by atomic mass is 9.86. The Balaban J connectivity index is 3.12. The molecule has 0 aliphatic heterocycles. The van der Waals surface area contributed by atoms with Crippen molar-refractivity contribution in [3.8, 4) is 0 Å². The van der Waals surface area contributed by atoms with Gasteiger partial charge in [-0.2, -0.15) is 0 Å². The summed E-state index contributed by atoms with van der Waals surface area (Å²) < 4.78 is 5.49. The average molecular weight is 338 g/mol. The van der Waals surface area contributed by atoms with Gasteiger partial charge in [0.05, 0.1) is 21.5 Å². The first-order chi connectivity index (χ1) is 11.1. The lowest BCUT2D eigenvalue weighted by molar-refractivity contribution is -0.394. The van der Waals surface area contributed by atoms with Crippen molar-refractivity contribution in [1.29, 1.82) is 0 Å². The lowest BCUT2D eigenvalue weighted by Crippen LogP contribution is -2.31. The van der Waals surface area contributed by atoms with Gasteiger partial charge in [-0.1, -0.05) is 40.5 Å². The van der Waals surface area contributed by atoms with E-state index in [9.17, 15) is 25.0 Å². The highest BCUT2D eigenvalue weighted by atomic mass is 16.6. The highest BCUT2D eigenvalue weighted by Crippen LogP contribution is 2.29. The van der Waals surface area contributed by atoms with Gasteiger partial charge in [0.15, 0.2) is 0 Å². The van der Waals surface area contributed by atoms with E-state index in [1.54, 1.807) is 0 Å². The first kappa shape index (κ1) is 19.5. The van der Waals surface area contributed by atoms with Crippen LogP contribution in [0.15, 0.2) is 18.2 Å². The molecule has 0 aromatic heterocycles. The van der Waals surface area contributed by atoms with E-state index in [2.05, 4.69) is 0 Å². The number of carbonyl (C=O) groups is 1. The zero-order valence-electron chi connectivity index (χ0n) is 14.3. The number of nitrogens with zero attached hydrogens (tertiary/aromatic N) is 2. The van der Waals surface area contributed by atoms with Crippen molar-refractivity contribution in [1.82, 2.24) is 0 Å². The molecule has 132 valence electrons. The Morgan fingerprint density at radius 3 is 2.00 bits per heavy atom. The molecule has 0 aliphatic carbocycles. The Kier molecular flexibility index (Phi) is 6.39. The van der Waals surface area contributed by atoms with Gasteiger partial charge in [0, 0.05) is 12.1 Å². The molecule has 0 heterocycles. The van der Waals surface area contributed by atoms with Gasteiger partial charge in [0.1, 0.15) is 6.10 Å². The maximum absolute atomic E-state index is 12.3. The molecule has 0 unspecified atom stereocenters. The van der Waals surface area contributed by atoms with Crippen LogP contribution in [0.3, 0.4) is 0 Å². The molecule has 8 heteroatoms. The fourth-order valence-electron chi connectivity index (χ4n) is 2.18. The number of hydrogen-bond donors (Lipinski definition) is 0. The number of hydrogen-bond acceptors (Lipinski definition) is 6. The van der Waals surface area contributed by atoms with E-state index in [4.69, 9.17) is 4.74 Å². The van der Waals surface area contributed by atoms with Crippen LogP contribution in [0.5, 0.6) is 0 Å². The molecule has 0 saturated heterocycles. The van der Waals surface area contributed by atoms with E-state index in [1.165, 1.54) is 0 Å². The summed E-state index contributed by atoms with van der Waals surface area (Å²) in [6.45, 7) is 7.80. The summed E-state index contributed by atoms with van der Waals surface area (Å²) >= 11 is 0. The molecule has 8 nitrogen and oxygen atoms in total. The van der Waals surface area contributed by atoms with Crippen molar-refractivity contribution in [2.24, 2.45) is 5.41 Å². The van der Waals surface area contributed by atoms with Crippen LogP contribution in [0.25, 0.3) is 0 Å². The molecule has 0 bridgehead atoms. The molecule has 1 rings (SSSR count). The number of ether oxygens (including phenoxy) is 1. The van der Waals surface area contributed by atoms with E-state index >= 15 is 0 Å². The number of nitro benzene ring substituents is 2. The number of carbonyl (C=O) groups excluding carboxylic acids is 1. The normalized spacial score (nSPS) is 12.5. The fourth-order valence-corrected chi connectivity index (χ4v) is 2.18. The van der Waals surface area contributed by atoms with Gasteiger partial charge in [-0.05, 0) is 11.8 Å². The number of non-ortho nitro benzene ring substituents is 2. The predicted molar refractivity (Wildman–Crippen MR) is 87.9 cm³/mol. The molecule has 0 saturated carbocycles. The molecule has 1 aromatic rings. The van der Waals surface area contributed by atoms with Crippen LogP contribution in [0.4, 0.5) is 11.4 Å². The zero-order chi connectivity index (χ0) is 18.5. The SMILES string of the molecule is CCCC[C@@H](OC(=O)c1cc([N+](=O)[O-])cc([N+](=O)[O-])c1)C(C)(C)C. The molecule has 1 atom stereocenters. The van der Waals surface area contributed by atoms with Crippen molar-refractivity contribution in [3.63, 3.8) is 0 Å². The Hall–Kier alpha value is -2.51. The zero-order valence-corrected chi connectivity index (χ0v) is 14.3. The molecule has 0 aliphatic rings. The minimum absolute atomic E-state index is 0.193. The lowest BCUT2D eigenvalue weighted by Gasteiger charge is -2.30. The van der Waals surface area contributed by atoms with E-state index in [0.717, 1.165) is 31.0 Å². The van der Waals surface area contributed by atoms with Crippen LogP contribution >= 0.6 is 0 Å². The van der Waals surface area contributed by atoms with Crippen LogP contribution in [0.1, 0.15) is 57.3 Å². The number of unbranched alkanes of at least 4 members (excludes halogenated alkanes) is 1. The first-order valence-electron chi connectivity index (χ1n) is 7.71. The third-order valence-electron chi connectivity index (χ3n) is 3.59. The summed E-state index contributed by atoms with van der Waals surface area (Å²) in [6, 6.07) is 2.80. The maximum atomic E-state index is 12.3. The molecular formula is C16H22N2O6. The fraction of sp³-hybridized carbons (Fsp3) is 0.562. The minimum Gasteiger partial charge on any atom is -0.458 e. The second-order valence-electron chi connectivity index (χ2n) is 6.65. The van der Waals surface area contributed by atoms with Gasteiger partial charge in [-0.15, -0.1) is 0 Å². The third-order valence-corrected chi connectivity index (χ3v) is 3.59. The van der Waals surface area contributed by atoms with Gasteiger partial charge in [0.25, 0.3) is 11.4 Å². The average Bonchev–Trinajstić information content (AvgIpc) is 2.49. The smallest absolute Gasteiger partial charge is 0.338 e. The van der Waals surface area contributed by atoms with Crippen LogP contribution in [0.2, 0.25) is 0 Å². The monoisotopic (exact) mass is 338 g/mol. The van der Waals surface area contributed by atoms with Crippen molar-refractivity contribution in [2.45, 2.75) is 53.1 Å². The van der Waals surface area contributed by atoms with Crippen LogP contribution in [-0.2, 0) is 4.74 Å². The third kappa shape index (κ3) is 5.29. The number of rotatable bonds is 7. The number of nitro groups is 2. The molecule has 0 spiro atoms. The summed E-state index contributed by atoms with van der Waals surface area (Å²) in [5, 5.41) is 21.8. The second kappa shape index (κ2) is 7.85. The first-order valence-corrected chi connectivity index (χ1v) is 7.71. The highest BCUT2D eigenvalue weighted by molar-refractivity contribution is 5.91. The van der Waals surface area contributed by atoms with Crippen LogP contribution in [0, 0.1) is 25.6 Å². The predicted octanol–water partition coefficient (Wildman–Crippen LogP) is 4.26. The standard InChI is InChI=1S/C16H22N2O6/c1-5-6-7-14(16(2,3)4)24-15(19)11-8-12(17(20)21)10-13(9-11)18(22)23/h8-10,14H,5-7H2,1-4H3/t14-/m1/s1. The summed E-state index contributed by atoms with van der Waals surface area (Å²) in [4.78, 5) is 32.6. The largest absolute Gasteiger partial charge is 0.458 e. The van der Waals surface area contributed by atoms with Crippen molar-refractivity contribution < 1.29 is 19.4 Å². The Morgan fingerprint density at radius 1 is 1.12 bits per heavy atom. The Bertz CT molecular complexity index is 604. The van der Waals surface area contributed by atoms with E-state index in [0.29, 0.717) is 6.42 Å². The van der Waals surface area contributed by atoms with E-state index in [1.807, 2.05) is 27.7 Å². The van der Waals surface area contributed by atoms with Gasteiger partial charge in [-0.3, -0.25) is 20.2 Å². The maximum Gasteiger partial charge on any atom is 0.338 e. The molecule has 0 amide bonds. The molecule has 0 radical (unpaired) electrons. The quantitative estimate of drug-likeness (QED) is 0.417. The van der Waals surface area contributed by atoms with Crippen molar-refractivity contribution in [3.05, 3.63) is 44.0 Å². The molecule has 0 N–H and O–H groups in total. The summed E-state index contributed by atoms with van der Waals surface area (Å²) in [7, 11) is 0. The van der Waals surface area contributed by atoms with E-state index < -0.39 is 27.2 Å². The van der Waals surface area contributed by atoms with Gasteiger partial charge >= 0.3 is 5.97 Å². The summed E-state index contributed by atoms with van der Waals surface area (Å²) in [5.74, 6) is -0.794. The molecule has 24 heavy (non-hydrogen) atoms. The Morgan fingerprint density at radius 2 is 1.62 bits per heavy atom. The van der Waals surface area contributed by atoms with Gasteiger partial charge in [-0.25, -0.2) is 4.79 Å². The van der Waals surface area contributed by atoms with Crippen molar-refractivity contribution >= 4 is 17.3 Å². The minimum atomic E-state index is -0.794. The Labute approximate surface area is 140 Å². The van der Waals surface area contributed by atoms with Crippen LogP contribution in [-0.4, -0.2) is 21.9 Å². The van der Waals surface area contributed by atoms with E-state index in [-0.39, 0.29) is 17.1 Å². The topological polar surface area (TPSA) is 113 Å². The highest BCUT2D eigenvalue weighted by Gasteiger charge is 2.29. The summed E-state index contributed by atoms with van der Waals surface area (Å²) in [5.41, 5.74) is -1.53.